The molecule has 0 saturated heterocycles. The highest BCUT2D eigenvalue weighted by Crippen LogP contribution is 2.18. The molecule has 5 nitrogen and oxygen atoms in total. The smallest absolute Gasteiger partial charge is 0.307 e. The van der Waals surface area contributed by atoms with Crippen LogP contribution in [0.1, 0.15) is 16.8 Å². The molecule has 1 aliphatic rings. The first kappa shape index (κ1) is 8.80. The Morgan fingerprint density at radius 1 is 1.57 bits per heavy atom. The molecule has 2 heterocycles. The summed E-state index contributed by atoms with van der Waals surface area (Å²) in [4.78, 5) is 24.6. The lowest BCUT2D eigenvalue weighted by Gasteiger charge is -2.13. The zero-order valence-electron chi connectivity index (χ0n) is 7.46. The van der Waals surface area contributed by atoms with E-state index in [1.165, 1.54) is 0 Å². The van der Waals surface area contributed by atoms with Crippen molar-refractivity contribution in [3.05, 3.63) is 23.0 Å². The summed E-state index contributed by atoms with van der Waals surface area (Å²) in [5.74, 6) is -0.929. The van der Waals surface area contributed by atoms with Gasteiger partial charge in [-0.2, -0.15) is 0 Å². The summed E-state index contributed by atoms with van der Waals surface area (Å²) in [6.07, 6.45) is 1.92. The number of aromatic nitrogens is 1. The fraction of sp³-hybridized carbons (Fsp3) is 0.333. The molecule has 3 N–H and O–H groups in total. The number of carbonyl (C=O) groups is 2. The molecule has 2 rings (SSSR count). The standard InChI is InChI=1S/C9H10N2O3/c12-8-2-6-5(1-9(13)14)3-10-7(6)4-11-8/h3,10H,1-2,4H2,(H,11,12)(H,13,14). The molecule has 1 aliphatic heterocycles. The molecule has 0 fully saturated rings. The lowest BCUT2D eigenvalue weighted by atomic mass is 10.0. The molecule has 0 bridgehead atoms. The van der Waals surface area contributed by atoms with E-state index in [0.717, 1.165) is 11.3 Å². The van der Waals surface area contributed by atoms with Crippen molar-refractivity contribution in [3.8, 4) is 0 Å². The summed E-state index contributed by atoms with van der Waals surface area (Å²) in [7, 11) is 0. The molecule has 14 heavy (non-hydrogen) atoms. The van der Waals surface area contributed by atoms with Crippen LogP contribution in [-0.4, -0.2) is 22.0 Å². The third kappa shape index (κ3) is 1.48. The molecular weight excluding hydrogens is 184 g/mol. The molecule has 5 heteroatoms. The Labute approximate surface area is 80.1 Å². The highest BCUT2D eigenvalue weighted by molar-refractivity contribution is 5.81. The molecule has 0 aliphatic carbocycles. The maximum atomic E-state index is 11.1. The van der Waals surface area contributed by atoms with Gasteiger partial charge in [-0.3, -0.25) is 9.59 Å². The minimum Gasteiger partial charge on any atom is -0.481 e. The molecule has 0 aromatic carbocycles. The number of hydrogen-bond acceptors (Lipinski definition) is 2. The van der Waals surface area contributed by atoms with Crippen LogP contribution in [0.4, 0.5) is 0 Å². The molecule has 0 radical (unpaired) electrons. The number of aromatic amines is 1. The van der Waals surface area contributed by atoms with E-state index >= 15 is 0 Å². The van der Waals surface area contributed by atoms with Crippen LogP contribution in [0.15, 0.2) is 6.20 Å². The first-order chi connectivity index (χ1) is 6.66. The summed E-state index contributed by atoms with van der Waals surface area (Å²) in [5, 5.41) is 11.3. The minimum absolute atomic E-state index is 0.0287. The molecule has 0 saturated carbocycles. The van der Waals surface area contributed by atoms with Crippen LogP contribution in [0.5, 0.6) is 0 Å². The first-order valence-corrected chi connectivity index (χ1v) is 4.33. The normalized spacial score (nSPS) is 14.7. The van der Waals surface area contributed by atoms with Gasteiger partial charge in [0, 0.05) is 11.9 Å². The van der Waals surface area contributed by atoms with Gasteiger partial charge in [0.1, 0.15) is 0 Å². The van der Waals surface area contributed by atoms with Crippen LogP contribution in [0.3, 0.4) is 0 Å². The number of amides is 1. The Morgan fingerprint density at radius 2 is 2.36 bits per heavy atom. The average Bonchev–Trinajstić information content (AvgIpc) is 2.47. The van der Waals surface area contributed by atoms with Gasteiger partial charge in [0.05, 0.1) is 19.4 Å². The van der Waals surface area contributed by atoms with Gasteiger partial charge in [-0.15, -0.1) is 0 Å². The van der Waals surface area contributed by atoms with E-state index in [9.17, 15) is 9.59 Å². The Hall–Kier alpha value is -1.78. The highest BCUT2D eigenvalue weighted by Gasteiger charge is 2.20. The van der Waals surface area contributed by atoms with Gasteiger partial charge in [0.25, 0.3) is 0 Å². The Kier molecular flexibility index (Phi) is 1.99. The van der Waals surface area contributed by atoms with Crippen molar-refractivity contribution in [2.24, 2.45) is 0 Å². The number of hydrogen-bond donors (Lipinski definition) is 3. The van der Waals surface area contributed by atoms with Crippen LogP contribution >= 0.6 is 0 Å². The van der Waals surface area contributed by atoms with Crippen LogP contribution in [0, 0.1) is 0 Å². The third-order valence-electron chi connectivity index (χ3n) is 2.31. The number of carbonyl (C=O) groups excluding carboxylic acids is 1. The fourth-order valence-corrected chi connectivity index (χ4v) is 1.65. The van der Waals surface area contributed by atoms with E-state index < -0.39 is 5.97 Å². The van der Waals surface area contributed by atoms with Crippen molar-refractivity contribution >= 4 is 11.9 Å². The molecular formula is C9H10N2O3. The topological polar surface area (TPSA) is 82.2 Å². The van der Waals surface area contributed by atoms with Gasteiger partial charge in [-0.1, -0.05) is 0 Å². The van der Waals surface area contributed by atoms with Crippen LogP contribution in [-0.2, 0) is 29.0 Å². The number of nitrogens with one attached hydrogen (secondary N) is 2. The lowest BCUT2D eigenvalue weighted by Crippen LogP contribution is -2.30. The number of rotatable bonds is 2. The SMILES string of the molecule is O=C(O)Cc1c[nH]c2c1CC(=O)NC2. The second-order valence-corrected chi connectivity index (χ2v) is 3.30. The van der Waals surface area contributed by atoms with E-state index in [1.807, 2.05) is 0 Å². The van der Waals surface area contributed by atoms with Crippen LogP contribution in [0.2, 0.25) is 0 Å². The molecule has 0 unspecified atom stereocenters. The Bertz CT molecular complexity index is 395. The van der Waals surface area contributed by atoms with Crippen molar-refractivity contribution in [3.63, 3.8) is 0 Å². The third-order valence-corrected chi connectivity index (χ3v) is 2.31. The molecule has 1 aromatic heterocycles. The summed E-state index contributed by atoms with van der Waals surface area (Å²) in [6.45, 7) is 0.466. The number of aliphatic carboxylic acids is 1. The monoisotopic (exact) mass is 194 g/mol. The largest absolute Gasteiger partial charge is 0.481 e. The molecule has 0 atom stereocenters. The van der Waals surface area contributed by atoms with E-state index in [0.29, 0.717) is 12.1 Å². The van der Waals surface area contributed by atoms with Crippen molar-refractivity contribution < 1.29 is 14.7 Å². The van der Waals surface area contributed by atoms with Gasteiger partial charge in [0.2, 0.25) is 5.91 Å². The van der Waals surface area contributed by atoms with E-state index in [-0.39, 0.29) is 18.7 Å². The van der Waals surface area contributed by atoms with E-state index in [2.05, 4.69) is 10.3 Å². The maximum absolute atomic E-state index is 11.1. The van der Waals surface area contributed by atoms with Gasteiger partial charge >= 0.3 is 5.97 Å². The fourth-order valence-electron chi connectivity index (χ4n) is 1.65. The summed E-state index contributed by atoms with van der Waals surface area (Å²) in [6, 6.07) is 0. The second kappa shape index (κ2) is 3.17. The zero-order chi connectivity index (χ0) is 10.1. The Morgan fingerprint density at radius 3 is 3.07 bits per heavy atom. The maximum Gasteiger partial charge on any atom is 0.307 e. The highest BCUT2D eigenvalue weighted by atomic mass is 16.4. The second-order valence-electron chi connectivity index (χ2n) is 3.30. The zero-order valence-corrected chi connectivity index (χ0v) is 7.46. The predicted octanol–water partition coefficient (Wildman–Crippen LogP) is -0.186. The summed E-state index contributed by atoms with van der Waals surface area (Å²) >= 11 is 0. The molecule has 1 aromatic rings. The Balaban J connectivity index is 2.30. The first-order valence-electron chi connectivity index (χ1n) is 4.33. The van der Waals surface area contributed by atoms with Gasteiger partial charge < -0.3 is 15.4 Å². The summed E-state index contributed by atoms with van der Waals surface area (Å²) in [5.41, 5.74) is 2.47. The lowest BCUT2D eigenvalue weighted by molar-refractivity contribution is -0.136. The van der Waals surface area contributed by atoms with Gasteiger partial charge in [-0.05, 0) is 11.1 Å². The average molecular weight is 194 g/mol. The number of H-pyrrole nitrogens is 1. The van der Waals surface area contributed by atoms with Crippen molar-refractivity contribution in [2.75, 3.05) is 0 Å². The number of carboxylic acid groups (broad SMARTS) is 1. The molecule has 74 valence electrons. The van der Waals surface area contributed by atoms with Crippen LogP contribution in [0.25, 0.3) is 0 Å². The quantitative estimate of drug-likeness (QED) is 0.610. The van der Waals surface area contributed by atoms with Crippen molar-refractivity contribution in [2.45, 2.75) is 19.4 Å². The van der Waals surface area contributed by atoms with Crippen LogP contribution < -0.4 is 5.32 Å². The summed E-state index contributed by atoms with van der Waals surface area (Å²) < 4.78 is 0. The predicted molar refractivity (Wildman–Crippen MR) is 47.7 cm³/mol. The van der Waals surface area contributed by atoms with E-state index in [1.54, 1.807) is 6.20 Å². The number of fused-ring (bicyclic) bond motifs is 1. The minimum atomic E-state index is -0.877. The van der Waals surface area contributed by atoms with Gasteiger partial charge in [0.15, 0.2) is 0 Å². The molecule has 0 spiro atoms. The van der Waals surface area contributed by atoms with Crippen molar-refractivity contribution in [1.29, 1.82) is 0 Å². The number of carboxylic acids is 1. The van der Waals surface area contributed by atoms with E-state index in [4.69, 9.17) is 5.11 Å². The van der Waals surface area contributed by atoms with Gasteiger partial charge in [-0.25, -0.2) is 0 Å². The molecule has 1 amide bonds. The van der Waals surface area contributed by atoms with Crippen molar-refractivity contribution in [1.82, 2.24) is 10.3 Å².